The first kappa shape index (κ1) is 12.1. The van der Waals surface area contributed by atoms with Gasteiger partial charge in [-0.2, -0.15) is 0 Å². The second-order valence-corrected chi connectivity index (χ2v) is 5.43. The van der Waals surface area contributed by atoms with Gasteiger partial charge in [0.25, 0.3) is 0 Å². The summed E-state index contributed by atoms with van der Waals surface area (Å²) >= 11 is 1.62. The normalized spacial score (nSPS) is 11.1. The van der Waals surface area contributed by atoms with Crippen molar-refractivity contribution in [3.8, 4) is 0 Å². The maximum Gasteiger partial charge on any atom is 0.180 e. The van der Waals surface area contributed by atoms with E-state index in [2.05, 4.69) is 31.7 Å². The Morgan fingerprint density at radius 2 is 2.19 bits per heavy atom. The molecule has 0 aliphatic rings. The van der Waals surface area contributed by atoms with E-state index in [9.17, 15) is 0 Å². The SMILES string of the molecule is CNc1cn2ccnc2c(Nc2ccc3ncsc3c2)n1. The van der Waals surface area contributed by atoms with Gasteiger partial charge in [-0.15, -0.1) is 11.3 Å². The molecular weight excluding hydrogens is 284 g/mol. The molecule has 3 aromatic heterocycles. The molecule has 7 heteroatoms. The fourth-order valence-corrected chi connectivity index (χ4v) is 2.92. The van der Waals surface area contributed by atoms with E-state index in [1.807, 2.05) is 41.5 Å². The van der Waals surface area contributed by atoms with Crippen LogP contribution in [0.4, 0.5) is 17.3 Å². The summed E-state index contributed by atoms with van der Waals surface area (Å²) in [5.41, 5.74) is 4.62. The topological polar surface area (TPSA) is 67.1 Å². The van der Waals surface area contributed by atoms with Crippen LogP contribution in [0.1, 0.15) is 0 Å². The predicted molar refractivity (Wildman–Crippen MR) is 85.4 cm³/mol. The number of imidazole rings is 1. The summed E-state index contributed by atoms with van der Waals surface area (Å²) in [6.07, 6.45) is 5.56. The molecule has 104 valence electrons. The molecule has 3 heterocycles. The van der Waals surface area contributed by atoms with Crippen molar-refractivity contribution in [2.24, 2.45) is 0 Å². The molecule has 0 atom stereocenters. The molecule has 6 nitrogen and oxygen atoms in total. The lowest BCUT2D eigenvalue weighted by atomic mass is 10.3. The first-order valence-electron chi connectivity index (χ1n) is 6.45. The number of hydrogen-bond acceptors (Lipinski definition) is 6. The average molecular weight is 296 g/mol. The lowest BCUT2D eigenvalue weighted by Gasteiger charge is -2.09. The van der Waals surface area contributed by atoms with Gasteiger partial charge in [0.15, 0.2) is 11.5 Å². The summed E-state index contributed by atoms with van der Waals surface area (Å²) in [5, 5.41) is 6.39. The predicted octanol–water partition coefficient (Wildman–Crippen LogP) is 3.12. The molecule has 0 spiro atoms. The molecule has 0 aliphatic heterocycles. The number of rotatable bonds is 3. The molecule has 21 heavy (non-hydrogen) atoms. The van der Waals surface area contributed by atoms with Gasteiger partial charge in [-0.1, -0.05) is 0 Å². The lowest BCUT2D eigenvalue weighted by Crippen LogP contribution is -2.02. The highest BCUT2D eigenvalue weighted by atomic mass is 32.1. The second kappa shape index (κ2) is 4.71. The van der Waals surface area contributed by atoms with Gasteiger partial charge < -0.3 is 15.0 Å². The van der Waals surface area contributed by atoms with Gasteiger partial charge in [0.1, 0.15) is 5.82 Å². The minimum absolute atomic E-state index is 0.718. The first-order valence-corrected chi connectivity index (χ1v) is 7.33. The fourth-order valence-electron chi connectivity index (χ4n) is 2.21. The summed E-state index contributed by atoms with van der Waals surface area (Å²) in [4.78, 5) is 13.2. The summed E-state index contributed by atoms with van der Waals surface area (Å²) in [7, 11) is 1.85. The molecule has 0 aliphatic carbocycles. The Morgan fingerprint density at radius 3 is 3.10 bits per heavy atom. The zero-order valence-electron chi connectivity index (χ0n) is 11.2. The van der Waals surface area contributed by atoms with Gasteiger partial charge in [0.2, 0.25) is 0 Å². The number of nitrogens with zero attached hydrogens (tertiary/aromatic N) is 4. The number of benzene rings is 1. The lowest BCUT2D eigenvalue weighted by molar-refractivity contribution is 1.12. The van der Waals surface area contributed by atoms with Crippen molar-refractivity contribution >= 4 is 44.5 Å². The standard InChI is InChI=1S/C14H12N6S/c1-15-12-7-20-5-4-16-14(20)13(19-12)18-9-2-3-10-11(6-9)21-8-17-10/h2-8,15H,1H3,(H,18,19). The highest BCUT2D eigenvalue weighted by Crippen LogP contribution is 2.25. The molecule has 0 saturated carbocycles. The maximum atomic E-state index is 4.54. The van der Waals surface area contributed by atoms with Crippen LogP contribution in [0.25, 0.3) is 15.9 Å². The number of anilines is 3. The van der Waals surface area contributed by atoms with Crippen LogP contribution in [0.2, 0.25) is 0 Å². The number of hydrogen-bond donors (Lipinski definition) is 2. The minimum Gasteiger partial charge on any atom is -0.372 e. The van der Waals surface area contributed by atoms with Gasteiger partial charge >= 0.3 is 0 Å². The van der Waals surface area contributed by atoms with E-state index in [1.165, 1.54) is 0 Å². The molecule has 2 N–H and O–H groups in total. The van der Waals surface area contributed by atoms with Crippen LogP contribution in [0.5, 0.6) is 0 Å². The Hall–Kier alpha value is -2.67. The molecule has 0 radical (unpaired) electrons. The number of aromatic nitrogens is 4. The number of fused-ring (bicyclic) bond motifs is 2. The Balaban J connectivity index is 1.80. The van der Waals surface area contributed by atoms with Crippen LogP contribution in [-0.2, 0) is 0 Å². The van der Waals surface area contributed by atoms with Crippen LogP contribution in [0.3, 0.4) is 0 Å². The Labute approximate surface area is 124 Å². The molecular formula is C14H12N6S. The van der Waals surface area contributed by atoms with Crippen molar-refractivity contribution in [2.45, 2.75) is 0 Å². The van der Waals surface area contributed by atoms with Crippen molar-refractivity contribution in [2.75, 3.05) is 17.7 Å². The summed E-state index contributed by atoms with van der Waals surface area (Å²) in [6, 6.07) is 6.06. The number of thiazole rings is 1. The fraction of sp³-hybridized carbons (Fsp3) is 0.0714. The van der Waals surface area contributed by atoms with Crippen LogP contribution < -0.4 is 10.6 Å². The Kier molecular flexibility index (Phi) is 2.71. The zero-order valence-corrected chi connectivity index (χ0v) is 12.1. The van der Waals surface area contributed by atoms with E-state index in [1.54, 1.807) is 17.5 Å². The van der Waals surface area contributed by atoms with E-state index in [0.717, 1.165) is 33.2 Å². The van der Waals surface area contributed by atoms with Gasteiger partial charge in [-0.3, -0.25) is 0 Å². The van der Waals surface area contributed by atoms with Crippen molar-refractivity contribution in [1.29, 1.82) is 0 Å². The summed E-state index contributed by atoms with van der Waals surface area (Å²) in [5.74, 6) is 1.50. The monoisotopic (exact) mass is 296 g/mol. The maximum absolute atomic E-state index is 4.54. The molecule has 1 aromatic carbocycles. The largest absolute Gasteiger partial charge is 0.372 e. The smallest absolute Gasteiger partial charge is 0.180 e. The minimum atomic E-state index is 0.718. The Morgan fingerprint density at radius 1 is 1.24 bits per heavy atom. The zero-order chi connectivity index (χ0) is 14.2. The molecule has 4 rings (SSSR count). The molecule has 0 fully saturated rings. The summed E-state index contributed by atoms with van der Waals surface area (Å²) < 4.78 is 3.08. The van der Waals surface area contributed by atoms with E-state index in [-0.39, 0.29) is 0 Å². The van der Waals surface area contributed by atoms with E-state index < -0.39 is 0 Å². The van der Waals surface area contributed by atoms with Crippen molar-refractivity contribution in [1.82, 2.24) is 19.4 Å². The first-order chi connectivity index (χ1) is 10.3. The van der Waals surface area contributed by atoms with Crippen LogP contribution in [0.15, 0.2) is 42.3 Å². The highest BCUT2D eigenvalue weighted by molar-refractivity contribution is 7.16. The van der Waals surface area contributed by atoms with E-state index in [4.69, 9.17) is 0 Å². The van der Waals surface area contributed by atoms with Gasteiger partial charge in [0, 0.05) is 25.1 Å². The third kappa shape index (κ3) is 2.07. The third-order valence-electron chi connectivity index (χ3n) is 3.22. The van der Waals surface area contributed by atoms with Crippen molar-refractivity contribution < 1.29 is 0 Å². The average Bonchev–Trinajstić information content (AvgIpc) is 3.14. The molecule has 0 unspecified atom stereocenters. The van der Waals surface area contributed by atoms with Crippen LogP contribution in [-0.4, -0.2) is 26.4 Å². The molecule has 0 bridgehead atoms. The van der Waals surface area contributed by atoms with Crippen molar-refractivity contribution in [3.05, 3.63) is 42.3 Å². The van der Waals surface area contributed by atoms with Gasteiger partial charge in [-0.25, -0.2) is 15.0 Å². The number of nitrogens with one attached hydrogen (secondary N) is 2. The molecule has 0 saturated heterocycles. The third-order valence-corrected chi connectivity index (χ3v) is 4.02. The van der Waals surface area contributed by atoms with E-state index in [0.29, 0.717) is 0 Å². The van der Waals surface area contributed by atoms with Gasteiger partial charge in [0.05, 0.1) is 21.9 Å². The van der Waals surface area contributed by atoms with Crippen molar-refractivity contribution in [3.63, 3.8) is 0 Å². The van der Waals surface area contributed by atoms with Gasteiger partial charge in [-0.05, 0) is 18.2 Å². The Bertz CT molecular complexity index is 925. The highest BCUT2D eigenvalue weighted by Gasteiger charge is 2.08. The van der Waals surface area contributed by atoms with Crippen LogP contribution in [0, 0.1) is 0 Å². The quantitative estimate of drug-likeness (QED) is 0.608. The second-order valence-electron chi connectivity index (χ2n) is 4.54. The van der Waals surface area contributed by atoms with E-state index >= 15 is 0 Å². The van der Waals surface area contributed by atoms with Crippen LogP contribution >= 0.6 is 11.3 Å². The molecule has 0 amide bonds. The summed E-state index contributed by atoms with van der Waals surface area (Å²) in [6.45, 7) is 0. The molecule has 4 aromatic rings.